The first-order chi connectivity index (χ1) is 14.1. The summed E-state index contributed by atoms with van der Waals surface area (Å²) in [5, 5.41) is 10.7. The number of aryl methyl sites for hydroxylation is 1. The fourth-order valence-electron chi connectivity index (χ4n) is 3.96. The molecular formula is C24H25ClN2O2. The molecule has 3 aromatic rings. The van der Waals surface area contributed by atoms with Crippen LogP contribution in [-0.2, 0) is 13.2 Å². The van der Waals surface area contributed by atoms with Crippen LogP contribution in [0.5, 0.6) is 11.5 Å². The first kappa shape index (κ1) is 19.9. The number of benzene rings is 2. The zero-order valence-corrected chi connectivity index (χ0v) is 17.3. The van der Waals surface area contributed by atoms with Gasteiger partial charge in [-0.15, -0.1) is 0 Å². The van der Waals surface area contributed by atoms with Gasteiger partial charge in [0.1, 0.15) is 11.5 Å². The van der Waals surface area contributed by atoms with E-state index in [2.05, 4.69) is 16.0 Å². The summed E-state index contributed by atoms with van der Waals surface area (Å²) in [4.78, 5) is 6.77. The minimum absolute atomic E-state index is 0.00285. The molecule has 2 heterocycles. The quantitative estimate of drug-likeness (QED) is 0.599. The molecule has 4 rings (SSSR count). The van der Waals surface area contributed by atoms with E-state index in [1.165, 1.54) is 5.56 Å². The van der Waals surface area contributed by atoms with E-state index in [0.717, 1.165) is 54.4 Å². The van der Waals surface area contributed by atoms with Gasteiger partial charge in [0.2, 0.25) is 0 Å². The summed E-state index contributed by atoms with van der Waals surface area (Å²) >= 11 is 6.26. The van der Waals surface area contributed by atoms with Gasteiger partial charge in [-0.05, 0) is 72.8 Å². The van der Waals surface area contributed by atoms with E-state index in [9.17, 15) is 5.11 Å². The average molecular weight is 409 g/mol. The summed E-state index contributed by atoms with van der Waals surface area (Å²) in [6.07, 6.45) is 2.83. The molecule has 1 aliphatic rings. The first-order valence-corrected chi connectivity index (χ1v) is 10.3. The zero-order chi connectivity index (χ0) is 20.2. The van der Waals surface area contributed by atoms with Gasteiger partial charge in [0, 0.05) is 19.3 Å². The van der Waals surface area contributed by atoms with Crippen molar-refractivity contribution in [2.24, 2.45) is 0 Å². The Hall–Kier alpha value is -2.40. The monoisotopic (exact) mass is 408 g/mol. The van der Waals surface area contributed by atoms with Crippen LogP contribution >= 0.6 is 11.6 Å². The number of aliphatic hydroxyl groups excluding tert-OH is 1. The van der Waals surface area contributed by atoms with E-state index in [4.69, 9.17) is 16.3 Å². The number of pyridine rings is 1. The molecule has 1 aliphatic heterocycles. The van der Waals surface area contributed by atoms with Gasteiger partial charge in [-0.3, -0.25) is 9.88 Å². The number of aliphatic hydroxyl groups is 1. The molecule has 0 spiro atoms. The normalized spacial score (nSPS) is 16.9. The minimum atomic E-state index is 0.00285. The molecule has 4 nitrogen and oxygen atoms in total. The molecule has 0 radical (unpaired) electrons. The number of likely N-dealkylation sites (tertiary alicyclic amines) is 1. The molecule has 1 N–H and O–H groups in total. The topological polar surface area (TPSA) is 45.6 Å². The third kappa shape index (κ3) is 4.61. The van der Waals surface area contributed by atoms with Crippen LogP contribution in [0.4, 0.5) is 0 Å². The van der Waals surface area contributed by atoms with E-state index in [-0.39, 0.29) is 6.61 Å². The summed E-state index contributed by atoms with van der Waals surface area (Å²) in [5.74, 6) is 1.97. The van der Waals surface area contributed by atoms with E-state index in [0.29, 0.717) is 10.9 Å². The second-order valence-electron chi connectivity index (χ2n) is 7.54. The third-order valence-electron chi connectivity index (χ3n) is 5.53. The molecule has 1 atom stereocenters. The van der Waals surface area contributed by atoms with E-state index >= 15 is 0 Å². The first-order valence-electron chi connectivity index (χ1n) is 9.93. The van der Waals surface area contributed by atoms with Crippen LogP contribution in [0.2, 0.25) is 5.02 Å². The maximum atomic E-state index is 9.96. The Labute approximate surface area is 176 Å². The van der Waals surface area contributed by atoms with Gasteiger partial charge in [-0.1, -0.05) is 35.9 Å². The Bertz CT molecular complexity index is 992. The Morgan fingerprint density at radius 1 is 1.17 bits per heavy atom. The van der Waals surface area contributed by atoms with Gasteiger partial charge >= 0.3 is 0 Å². The van der Waals surface area contributed by atoms with Gasteiger partial charge in [0.25, 0.3) is 0 Å². The maximum Gasteiger partial charge on any atom is 0.130 e. The lowest BCUT2D eigenvalue weighted by Gasteiger charge is -2.18. The molecule has 0 amide bonds. The number of aromatic nitrogens is 1. The predicted molar refractivity (Wildman–Crippen MR) is 115 cm³/mol. The lowest BCUT2D eigenvalue weighted by atomic mass is 9.93. The predicted octanol–water partition coefficient (Wildman–Crippen LogP) is 5.32. The summed E-state index contributed by atoms with van der Waals surface area (Å²) in [6, 6.07) is 17.7. The summed E-state index contributed by atoms with van der Waals surface area (Å²) in [7, 11) is 0. The molecule has 29 heavy (non-hydrogen) atoms. The van der Waals surface area contributed by atoms with Gasteiger partial charge < -0.3 is 9.84 Å². The summed E-state index contributed by atoms with van der Waals surface area (Å²) < 4.78 is 6.04. The molecule has 1 unspecified atom stereocenters. The van der Waals surface area contributed by atoms with Crippen molar-refractivity contribution in [2.45, 2.75) is 32.4 Å². The fraction of sp³-hybridized carbons (Fsp3) is 0.292. The lowest BCUT2D eigenvalue weighted by molar-refractivity contribution is 0.278. The van der Waals surface area contributed by atoms with Crippen molar-refractivity contribution in [3.8, 4) is 11.5 Å². The fourth-order valence-corrected chi connectivity index (χ4v) is 4.14. The number of hydrogen-bond acceptors (Lipinski definition) is 4. The highest BCUT2D eigenvalue weighted by Crippen LogP contribution is 2.34. The van der Waals surface area contributed by atoms with Crippen molar-refractivity contribution in [1.82, 2.24) is 9.88 Å². The van der Waals surface area contributed by atoms with Crippen LogP contribution in [0, 0.1) is 6.92 Å². The standard InChI is InChI=1S/C24H25ClN2O2/c1-17-5-2-3-7-24(17)29-20-8-9-21(19(13-20)16-28)18-10-12-27(14-18)15-23-22(25)6-4-11-26-23/h2-9,11,13,18,28H,10,12,14-16H2,1H3. The Balaban J connectivity index is 1.47. The largest absolute Gasteiger partial charge is 0.457 e. The molecule has 1 fully saturated rings. The molecular weight excluding hydrogens is 384 g/mol. The SMILES string of the molecule is Cc1ccccc1Oc1ccc(C2CCN(Cc3ncccc3Cl)C2)c(CO)c1. The van der Waals surface area contributed by atoms with Gasteiger partial charge in [0.05, 0.1) is 17.3 Å². The van der Waals surface area contributed by atoms with Crippen LogP contribution in [0.3, 0.4) is 0 Å². The van der Waals surface area contributed by atoms with Crippen LogP contribution in [0.1, 0.15) is 34.7 Å². The lowest BCUT2D eigenvalue weighted by Crippen LogP contribution is -2.20. The van der Waals surface area contributed by atoms with Crippen LogP contribution in [0.25, 0.3) is 0 Å². The van der Waals surface area contributed by atoms with Crippen LogP contribution < -0.4 is 4.74 Å². The molecule has 0 saturated carbocycles. The van der Waals surface area contributed by atoms with Gasteiger partial charge in [-0.2, -0.15) is 0 Å². The maximum absolute atomic E-state index is 9.96. The van der Waals surface area contributed by atoms with E-state index < -0.39 is 0 Å². The highest BCUT2D eigenvalue weighted by atomic mass is 35.5. The number of para-hydroxylation sites is 1. The molecule has 0 bridgehead atoms. The summed E-state index contributed by atoms with van der Waals surface area (Å²) in [6.45, 7) is 4.70. The van der Waals surface area contributed by atoms with Crippen LogP contribution in [-0.4, -0.2) is 28.1 Å². The minimum Gasteiger partial charge on any atom is -0.457 e. The molecule has 5 heteroatoms. The number of halogens is 1. The molecule has 2 aromatic carbocycles. The van der Waals surface area contributed by atoms with Gasteiger partial charge in [0.15, 0.2) is 0 Å². The Morgan fingerprint density at radius 2 is 2.03 bits per heavy atom. The van der Waals surface area contributed by atoms with E-state index in [1.807, 2.05) is 55.5 Å². The Morgan fingerprint density at radius 3 is 2.83 bits per heavy atom. The number of rotatable bonds is 6. The molecule has 1 aromatic heterocycles. The highest BCUT2D eigenvalue weighted by molar-refractivity contribution is 6.31. The highest BCUT2D eigenvalue weighted by Gasteiger charge is 2.26. The number of nitrogens with zero attached hydrogens (tertiary/aromatic N) is 2. The number of ether oxygens (including phenoxy) is 1. The van der Waals surface area contributed by atoms with E-state index in [1.54, 1.807) is 6.20 Å². The smallest absolute Gasteiger partial charge is 0.130 e. The zero-order valence-electron chi connectivity index (χ0n) is 16.5. The van der Waals surface area contributed by atoms with Crippen molar-refractivity contribution >= 4 is 11.6 Å². The van der Waals surface area contributed by atoms with Crippen molar-refractivity contribution in [3.05, 3.63) is 88.2 Å². The molecule has 0 aliphatic carbocycles. The van der Waals surface area contributed by atoms with Crippen molar-refractivity contribution in [3.63, 3.8) is 0 Å². The average Bonchev–Trinajstić information content (AvgIpc) is 3.19. The Kier molecular flexibility index (Phi) is 6.14. The molecule has 150 valence electrons. The third-order valence-corrected chi connectivity index (χ3v) is 5.87. The summed E-state index contributed by atoms with van der Waals surface area (Å²) in [5.41, 5.74) is 4.12. The van der Waals surface area contributed by atoms with Crippen molar-refractivity contribution < 1.29 is 9.84 Å². The van der Waals surface area contributed by atoms with Crippen LogP contribution in [0.15, 0.2) is 60.8 Å². The number of hydrogen-bond donors (Lipinski definition) is 1. The van der Waals surface area contributed by atoms with Crippen molar-refractivity contribution in [1.29, 1.82) is 0 Å². The molecule has 1 saturated heterocycles. The van der Waals surface area contributed by atoms with Crippen molar-refractivity contribution in [2.75, 3.05) is 13.1 Å². The van der Waals surface area contributed by atoms with Gasteiger partial charge in [-0.25, -0.2) is 0 Å². The second-order valence-corrected chi connectivity index (χ2v) is 7.95. The second kappa shape index (κ2) is 8.95.